The van der Waals surface area contributed by atoms with Crippen molar-refractivity contribution in [1.82, 2.24) is 15.0 Å². The van der Waals surface area contributed by atoms with Crippen molar-refractivity contribution in [3.8, 4) is 0 Å². The molecule has 1 fully saturated rings. The van der Waals surface area contributed by atoms with Crippen LogP contribution in [0.1, 0.15) is 43.6 Å². The highest BCUT2D eigenvalue weighted by atomic mass is 79.9. The normalized spacial score (nSPS) is 14.8. The molecule has 3 aromatic rings. The van der Waals surface area contributed by atoms with E-state index in [0.29, 0.717) is 27.5 Å². The number of fused-ring (bicyclic) bond motifs is 1. The van der Waals surface area contributed by atoms with Gasteiger partial charge in [-0.3, -0.25) is 9.59 Å². The minimum atomic E-state index is -0.777. The summed E-state index contributed by atoms with van der Waals surface area (Å²) < 4.78 is 0.641. The summed E-state index contributed by atoms with van der Waals surface area (Å²) in [6.45, 7) is 0. The Morgan fingerprint density at radius 3 is 2.57 bits per heavy atom. The molecule has 28 heavy (non-hydrogen) atoms. The van der Waals surface area contributed by atoms with Crippen molar-refractivity contribution >= 4 is 50.3 Å². The maximum Gasteiger partial charge on any atom is 0.315 e. The number of amides is 2. The number of pyridine rings is 2. The molecule has 0 spiro atoms. The van der Waals surface area contributed by atoms with Crippen LogP contribution in [0.25, 0.3) is 11.0 Å². The highest BCUT2D eigenvalue weighted by Gasteiger charge is 2.19. The number of anilines is 2. The van der Waals surface area contributed by atoms with Crippen LogP contribution < -0.4 is 10.6 Å². The summed E-state index contributed by atoms with van der Waals surface area (Å²) in [4.78, 5) is 36.1. The molecule has 0 atom stereocenters. The number of aromatic nitrogens is 3. The minimum absolute atomic E-state index is 0.361. The van der Waals surface area contributed by atoms with E-state index in [0.717, 1.165) is 5.52 Å². The van der Waals surface area contributed by atoms with Crippen molar-refractivity contribution < 1.29 is 9.59 Å². The molecule has 3 aromatic heterocycles. The zero-order valence-electron chi connectivity index (χ0n) is 15.2. The lowest BCUT2D eigenvalue weighted by Gasteiger charge is -2.21. The van der Waals surface area contributed by atoms with Crippen LogP contribution in [0.4, 0.5) is 11.5 Å². The van der Waals surface area contributed by atoms with Crippen molar-refractivity contribution in [3.63, 3.8) is 0 Å². The fraction of sp³-hybridized carbons (Fsp3) is 0.300. The van der Waals surface area contributed by atoms with Gasteiger partial charge in [0.25, 0.3) is 0 Å². The van der Waals surface area contributed by atoms with Crippen LogP contribution in [-0.4, -0.2) is 26.8 Å². The fourth-order valence-electron chi connectivity index (χ4n) is 3.58. The number of H-pyrrole nitrogens is 1. The van der Waals surface area contributed by atoms with Crippen LogP contribution in [0, 0.1) is 0 Å². The molecule has 1 aliphatic carbocycles. The number of aromatic amines is 1. The summed E-state index contributed by atoms with van der Waals surface area (Å²) in [7, 11) is 0. The molecule has 0 radical (unpaired) electrons. The highest BCUT2D eigenvalue weighted by molar-refractivity contribution is 9.10. The fourth-order valence-corrected chi connectivity index (χ4v) is 3.89. The maximum atomic E-state index is 12.3. The molecule has 1 aliphatic rings. The number of carbonyl (C=O) groups is 2. The summed E-state index contributed by atoms with van der Waals surface area (Å²) in [5, 5.41) is 5.12. The standard InChI is InChI=1S/C20H20BrN5O2/c21-16-8-7-14-18(25-16)15(11-22-14)24-19(27)20(28)26-17-9-6-13(10-23-17)12-4-2-1-3-5-12/h6-12,22H,1-5H2,(H,24,27)(H,23,26,28). The molecule has 0 saturated heterocycles. The van der Waals surface area contributed by atoms with E-state index in [1.54, 1.807) is 24.5 Å². The third kappa shape index (κ3) is 4.06. The van der Waals surface area contributed by atoms with Gasteiger partial charge in [0.15, 0.2) is 0 Å². The molecule has 0 unspecified atom stereocenters. The van der Waals surface area contributed by atoms with E-state index in [2.05, 4.69) is 41.5 Å². The summed E-state index contributed by atoms with van der Waals surface area (Å²) in [5.41, 5.74) is 2.97. The van der Waals surface area contributed by atoms with Crippen LogP contribution >= 0.6 is 15.9 Å². The Labute approximate surface area is 170 Å². The smallest absolute Gasteiger partial charge is 0.315 e. The quantitative estimate of drug-likeness (QED) is 0.415. The zero-order chi connectivity index (χ0) is 19.5. The average Bonchev–Trinajstić information content (AvgIpc) is 3.11. The topological polar surface area (TPSA) is 99.8 Å². The lowest BCUT2D eigenvalue weighted by atomic mass is 9.85. The predicted molar refractivity (Wildman–Crippen MR) is 111 cm³/mol. The van der Waals surface area contributed by atoms with Crippen LogP contribution in [0.5, 0.6) is 0 Å². The first-order valence-corrected chi connectivity index (χ1v) is 10.1. The van der Waals surface area contributed by atoms with Gasteiger partial charge in [-0.15, -0.1) is 0 Å². The summed E-state index contributed by atoms with van der Waals surface area (Å²) in [6.07, 6.45) is 9.58. The Balaban J connectivity index is 1.40. The number of nitrogens with one attached hydrogen (secondary N) is 3. The Morgan fingerprint density at radius 2 is 1.82 bits per heavy atom. The minimum Gasteiger partial charge on any atom is -0.358 e. The largest absolute Gasteiger partial charge is 0.358 e. The molecular formula is C20H20BrN5O2. The SMILES string of the molecule is O=C(Nc1ccc(C2CCCCC2)cn1)C(=O)Nc1c[nH]c2ccc(Br)nc12. The lowest BCUT2D eigenvalue weighted by Crippen LogP contribution is -2.29. The number of hydrogen-bond donors (Lipinski definition) is 3. The van der Waals surface area contributed by atoms with Crippen molar-refractivity contribution in [1.29, 1.82) is 0 Å². The monoisotopic (exact) mass is 441 g/mol. The van der Waals surface area contributed by atoms with Crippen LogP contribution in [0.2, 0.25) is 0 Å². The van der Waals surface area contributed by atoms with Crippen molar-refractivity contribution in [2.45, 2.75) is 38.0 Å². The van der Waals surface area contributed by atoms with E-state index in [4.69, 9.17) is 0 Å². The predicted octanol–water partition coefficient (Wildman–Crippen LogP) is 4.35. The third-order valence-electron chi connectivity index (χ3n) is 5.05. The van der Waals surface area contributed by atoms with Gasteiger partial charge >= 0.3 is 11.8 Å². The van der Waals surface area contributed by atoms with Gasteiger partial charge in [-0.25, -0.2) is 9.97 Å². The number of carbonyl (C=O) groups excluding carboxylic acids is 2. The van der Waals surface area contributed by atoms with Gasteiger partial charge in [0.05, 0.1) is 11.2 Å². The highest BCUT2D eigenvalue weighted by Crippen LogP contribution is 2.32. The summed E-state index contributed by atoms with van der Waals surface area (Å²) in [6, 6.07) is 7.36. The van der Waals surface area contributed by atoms with Gasteiger partial charge in [-0.05, 0) is 58.5 Å². The number of rotatable bonds is 3. The molecule has 3 heterocycles. The third-order valence-corrected chi connectivity index (χ3v) is 5.49. The van der Waals surface area contributed by atoms with Crippen molar-refractivity contribution in [2.24, 2.45) is 0 Å². The molecule has 144 valence electrons. The lowest BCUT2D eigenvalue weighted by molar-refractivity contribution is -0.133. The molecule has 0 bridgehead atoms. The zero-order valence-corrected chi connectivity index (χ0v) is 16.8. The van der Waals surface area contributed by atoms with Gasteiger partial charge in [0.2, 0.25) is 0 Å². The van der Waals surface area contributed by atoms with Gasteiger partial charge in [0, 0.05) is 12.4 Å². The van der Waals surface area contributed by atoms with E-state index in [-0.39, 0.29) is 0 Å². The van der Waals surface area contributed by atoms with Gasteiger partial charge in [0.1, 0.15) is 15.9 Å². The van der Waals surface area contributed by atoms with Gasteiger partial charge in [-0.2, -0.15) is 0 Å². The number of hydrogen-bond acceptors (Lipinski definition) is 4. The summed E-state index contributed by atoms with van der Waals surface area (Å²) >= 11 is 3.30. The maximum absolute atomic E-state index is 12.3. The van der Waals surface area contributed by atoms with E-state index in [1.165, 1.54) is 37.7 Å². The first-order valence-electron chi connectivity index (χ1n) is 9.32. The Kier molecular flexibility index (Phi) is 5.38. The Hall–Kier alpha value is -2.74. The van der Waals surface area contributed by atoms with E-state index >= 15 is 0 Å². The molecule has 8 heteroatoms. The van der Waals surface area contributed by atoms with Crippen LogP contribution in [0.3, 0.4) is 0 Å². The second-order valence-corrected chi connectivity index (χ2v) is 7.76. The van der Waals surface area contributed by atoms with Crippen molar-refractivity contribution in [2.75, 3.05) is 10.6 Å². The van der Waals surface area contributed by atoms with E-state index < -0.39 is 11.8 Å². The molecule has 7 nitrogen and oxygen atoms in total. The van der Waals surface area contributed by atoms with E-state index in [1.807, 2.05) is 12.1 Å². The molecule has 2 amide bonds. The molecule has 4 rings (SSSR count). The first-order chi connectivity index (χ1) is 13.6. The van der Waals surface area contributed by atoms with Gasteiger partial charge < -0.3 is 15.6 Å². The first kappa shape index (κ1) is 18.6. The summed E-state index contributed by atoms with van der Waals surface area (Å²) in [5.74, 6) is -0.648. The number of halogens is 1. The van der Waals surface area contributed by atoms with Crippen LogP contribution in [-0.2, 0) is 9.59 Å². The number of nitrogens with zero attached hydrogens (tertiary/aromatic N) is 2. The molecular weight excluding hydrogens is 422 g/mol. The molecule has 0 aliphatic heterocycles. The second-order valence-electron chi connectivity index (χ2n) is 6.95. The molecule has 0 aromatic carbocycles. The second kappa shape index (κ2) is 8.10. The van der Waals surface area contributed by atoms with Gasteiger partial charge in [-0.1, -0.05) is 25.3 Å². The van der Waals surface area contributed by atoms with Crippen LogP contribution in [0.15, 0.2) is 41.3 Å². The molecule has 1 saturated carbocycles. The van der Waals surface area contributed by atoms with E-state index in [9.17, 15) is 9.59 Å². The Morgan fingerprint density at radius 1 is 1.04 bits per heavy atom. The van der Waals surface area contributed by atoms with Crippen molar-refractivity contribution in [3.05, 3.63) is 46.8 Å². The average molecular weight is 442 g/mol. The Bertz CT molecular complexity index is 1010. The molecule has 3 N–H and O–H groups in total.